The molecule has 114 valence electrons. The van der Waals surface area contributed by atoms with Crippen LogP contribution in [0.25, 0.3) is 0 Å². The number of likely N-dealkylation sites (tertiary alicyclic amines) is 1. The number of nitrogens with zero attached hydrogens (tertiary/aromatic N) is 1. The molecule has 1 aromatic rings. The summed E-state index contributed by atoms with van der Waals surface area (Å²) in [4.78, 5) is 24.8. The Hall–Kier alpha value is -2.08. The van der Waals surface area contributed by atoms with Crippen LogP contribution in [0.3, 0.4) is 0 Å². The van der Waals surface area contributed by atoms with E-state index in [4.69, 9.17) is 9.47 Å². The number of hydrogen-bond donors (Lipinski definition) is 1. The van der Waals surface area contributed by atoms with Crippen molar-refractivity contribution in [3.63, 3.8) is 0 Å². The molecule has 1 aliphatic heterocycles. The zero-order chi connectivity index (χ0) is 15.4. The molecule has 0 radical (unpaired) electrons. The van der Waals surface area contributed by atoms with Crippen LogP contribution in [0, 0.1) is 0 Å². The lowest BCUT2D eigenvalue weighted by atomic mass is 10.0. The van der Waals surface area contributed by atoms with Gasteiger partial charge >= 0.3 is 0 Å². The molecule has 1 aliphatic rings. The molecule has 6 nitrogen and oxygen atoms in total. The first kappa shape index (κ1) is 15.3. The Labute approximate surface area is 124 Å². The van der Waals surface area contributed by atoms with E-state index in [1.54, 1.807) is 27.3 Å². The minimum atomic E-state index is -0.183. The molecule has 0 saturated carbocycles. The maximum absolute atomic E-state index is 11.7. The van der Waals surface area contributed by atoms with E-state index >= 15 is 0 Å². The molecule has 0 aliphatic carbocycles. The van der Waals surface area contributed by atoms with Crippen LogP contribution in [0.2, 0.25) is 0 Å². The van der Waals surface area contributed by atoms with Gasteiger partial charge in [-0.05, 0) is 19.2 Å². The van der Waals surface area contributed by atoms with E-state index in [2.05, 4.69) is 5.32 Å². The molecule has 1 unspecified atom stereocenters. The van der Waals surface area contributed by atoms with Crippen molar-refractivity contribution in [2.24, 2.45) is 0 Å². The zero-order valence-corrected chi connectivity index (χ0v) is 12.5. The second-order valence-corrected chi connectivity index (χ2v) is 4.85. The first-order valence-electron chi connectivity index (χ1n) is 6.83. The van der Waals surface area contributed by atoms with Crippen molar-refractivity contribution in [2.45, 2.75) is 18.9 Å². The lowest BCUT2D eigenvalue weighted by Crippen LogP contribution is -2.37. The summed E-state index contributed by atoms with van der Waals surface area (Å²) in [6.07, 6.45) is 0.601. The van der Waals surface area contributed by atoms with Crippen LogP contribution in [0.1, 0.15) is 24.4 Å². The minimum absolute atomic E-state index is 0.118. The van der Waals surface area contributed by atoms with Crippen LogP contribution >= 0.6 is 0 Å². The highest BCUT2D eigenvalue weighted by Crippen LogP contribution is 2.30. The van der Waals surface area contributed by atoms with Crippen molar-refractivity contribution in [1.82, 2.24) is 10.2 Å². The van der Waals surface area contributed by atoms with Gasteiger partial charge in [0, 0.05) is 31.0 Å². The number of nitrogens with one attached hydrogen (secondary N) is 1. The number of methoxy groups -OCH3 is 2. The number of rotatable bonds is 6. The highest BCUT2D eigenvalue weighted by atomic mass is 16.5. The van der Waals surface area contributed by atoms with E-state index in [-0.39, 0.29) is 17.9 Å². The van der Waals surface area contributed by atoms with Crippen LogP contribution in [-0.4, -0.2) is 44.5 Å². The Kier molecular flexibility index (Phi) is 4.80. The Morgan fingerprint density at radius 2 is 1.86 bits per heavy atom. The molecule has 1 saturated heterocycles. The highest BCUT2D eigenvalue weighted by Gasteiger charge is 2.31. The Morgan fingerprint density at radius 3 is 2.38 bits per heavy atom. The van der Waals surface area contributed by atoms with Crippen LogP contribution in [0.15, 0.2) is 18.2 Å². The largest absolute Gasteiger partial charge is 0.497 e. The number of hydrogen-bond acceptors (Lipinski definition) is 5. The molecule has 2 amide bonds. The summed E-state index contributed by atoms with van der Waals surface area (Å²) < 4.78 is 10.6. The van der Waals surface area contributed by atoms with E-state index in [0.717, 1.165) is 5.56 Å². The average molecular weight is 292 g/mol. The van der Waals surface area contributed by atoms with Gasteiger partial charge in [-0.2, -0.15) is 0 Å². The molecule has 1 aromatic carbocycles. The topological polar surface area (TPSA) is 67.9 Å². The summed E-state index contributed by atoms with van der Waals surface area (Å²) >= 11 is 0. The number of carbonyl (C=O) groups is 2. The maximum atomic E-state index is 11.7. The van der Waals surface area contributed by atoms with E-state index in [9.17, 15) is 9.59 Å². The Bertz CT molecular complexity index is 528. The third kappa shape index (κ3) is 3.16. The molecular formula is C15H20N2O4. The fourth-order valence-electron chi connectivity index (χ4n) is 2.46. The summed E-state index contributed by atoms with van der Waals surface area (Å²) in [6.45, 7) is 0.302. The van der Waals surface area contributed by atoms with Gasteiger partial charge in [0.25, 0.3) is 0 Å². The molecule has 0 aromatic heterocycles. The third-order valence-electron chi connectivity index (χ3n) is 3.68. The highest BCUT2D eigenvalue weighted by molar-refractivity contribution is 6.01. The molecule has 1 atom stereocenters. The lowest BCUT2D eigenvalue weighted by Gasteiger charge is -2.24. The SMILES string of the molecule is CNC(CN1C(=O)CCC1=O)c1ccc(OC)cc1OC. The molecule has 1 fully saturated rings. The van der Waals surface area contributed by atoms with Crippen LogP contribution in [0.4, 0.5) is 0 Å². The van der Waals surface area contributed by atoms with Crippen LogP contribution < -0.4 is 14.8 Å². The molecule has 1 N–H and O–H groups in total. The van der Waals surface area contributed by atoms with Gasteiger partial charge in [0.05, 0.1) is 20.3 Å². The summed E-state index contributed by atoms with van der Waals surface area (Å²) in [7, 11) is 4.96. The van der Waals surface area contributed by atoms with Crippen molar-refractivity contribution in [2.75, 3.05) is 27.8 Å². The maximum Gasteiger partial charge on any atom is 0.229 e. The Morgan fingerprint density at radius 1 is 1.19 bits per heavy atom. The van der Waals surface area contributed by atoms with E-state index < -0.39 is 0 Å². The smallest absolute Gasteiger partial charge is 0.229 e. The van der Waals surface area contributed by atoms with Crippen LogP contribution in [0.5, 0.6) is 11.5 Å². The van der Waals surface area contributed by atoms with Gasteiger partial charge in [-0.1, -0.05) is 0 Å². The average Bonchev–Trinajstić information content (AvgIpc) is 2.83. The number of carbonyl (C=O) groups excluding carboxylic acids is 2. The van der Waals surface area contributed by atoms with Gasteiger partial charge in [-0.3, -0.25) is 14.5 Å². The lowest BCUT2D eigenvalue weighted by molar-refractivity contribution is -0.138. The van der Waals surface area contributed by atoms with Gasteiger partial charge < -0.3 is 14.8 Å². The summed E-state index contributed by atoms with van der Waals surface area (Å²) in [5, 5.41) is 3.13. The van der Waals surface area contributed by atoms with Gasteiger partial charge in [-0.25, -0.2) is 0 Å². The molecular weight excluding hydrogens is 272 g/mol. The molecule has 2 rings (SSSR count). The first-order chi connectivity index (χ1) is 10.1. The number of ether oxygens (including phenoxy) is 2. The summed E-state index contributed by atoms with van der Waals surface area (Å²) in [5.74, 6) is 1.12. The molecule has 6 heteroatoms. The summed E-state index contributed by atoms with van der Waals surface area (Å²) in [6, 6.07) is 5.31. The zero-order valence-electron chi connectivity index (χ0n) is 12.5. The first-order valence-corrected chi connectivity index (χ1v) is 6.83. The molecule has 1 heterocycles. The van der Waals surface area contributed by atoms with E-state index in [0.29, 0.717) is 30.9 Å². The number of imide groups is 1. The molecule has 0 bridgehead atoms. The van der Waals surface area contributed by atoms with Crippen molar-refractivity contribution in [3.8, 4) is 11.5 Å². The van der Waals surface area contributed by atoms with Gasteiger partial charge in [0.1, 0.15) is 11.5 Å². The van der Waals surface area contributed by atoms with Gasteiger partial charge in [-0.15, -0.1) is 0 Å². The van der Waals surface area contributed by atoms with E-state index in [1.807, 2.05) is 12.1 Å². The number of benzene rings is 1. The van der Waals surface area contributed by atoms with Crippen molar-refractivity contribution in [1.29, 1.82) is 0 Å². The monoisotopic (exact) mass is 292 g/mol. The summed E-state index contributed by atoms with van der Waals surface area (Å²) in [5.41, 5.74) is 0.883. The standard InChI is InChI=1S/C15H20N2O4/c1-16-12(9-17-14(18)6-7-15(17)19)11-5-4-10(20-2)8-13(11)21-3/h4-5,8,12,16H,6-7,9H2,1-3H3. The predicted octanol–water partition coefficient (Wildman–Crippen LogP) is 1.11. The normalized spacial score (nSPS) is 16.2. The van der Waals surface area contributed by atoms with Crippen LogP contribution in [-0.2, 0) is 9.59 Å². The fraction of sp³-hybridized carbons (Fsp3) is 0.467. The predicted molar refractivity (Wildman–Crippen MR) is 77.3 cm³/mol. The third-order valence-corrected chi connectivity index (χ3v) is 3.68. The molecule has 0 spiro atoms. The number of likely N-dealkylation sites (N-methyl/N-ethyl adjacent to an activating group) is 1. The van der Waals surface area contributed by atoms with Gasteiger partial charge in [0.15, 0.2) is 0 Å². The van der Waals surface area contributed by atoms with Gasteiger partial charge in [0.2, 0.25) is 11.8 Å². The second-order valence-electron chi connectivity index (χ2n) is 4.85. The van der Waals surface area contributed by atoms with E-state index in [1.165, 1.54) is 4.90 Å². The van der Waals surface area contributed by atoms with Crippen molar-refractivity contribution < 1.29 is 19.1 Å². The van der Waals surface area contributed by atoms with Crippen molar-refractivity contribution in [3.05, 3.63) is 23.8 Å². The number of amides is 2. The fourth-order valence-corrected chi connectivity index (χ4v) is 2.46. The second kappa shape index (κ2) is 6.58. The molecule has 21 heavy (non-hydrogen) atoms. The minimum Gasteiger partial charge on any atom is -0.497 e. The Balaban J connectivity index is 2.24. The quantitative estimate of drug-likeness (QED) is 0.796. The van der Waals surface area contributed by atoms with Crippen molar-refractivity contribution >= 4 is 11.8 Å².